The molecule has 0 saturated carbocycles. The Morgan fingerprint density at radius 1 is 1.50 bits per heavy atom. The fourth-order valence-corrected chi connectivity index (χ4v) is 2.75. The third-order valence-corrected chi connectivity index (χ3v) is 3.72. The van der Waals surface area contributed by atoms with Gasteiger partial charge in [-0.05, 0) is 19.1 Å². The number of rotatable bonds is 3. The predicted octanol–water partition coefficient (Wildman–Crippen LogP) is 2.66. The van der Waals surface area contributed by atoms with Crippen LogP contribution in [0.4, 0.5) is 0 Å². The third kappa shape index (κ3) is 1.82. The van der Waals surface area contributed by atoms with Crippen molar-refractivity contribution >= 4 is 28.7 Å². The maximum atomic E-state index is 11.0. The number of thiazole rings is 1. The zero-order chi connectivity index (χ0) is 12.5. The van der Waals surface area contributed by atoms with Crippen LogP contribution in [0.2, 0.25) is 0 Å². The van der Waals surface area contributed by atoms with Crippen LogP contribution in [0, 0.1) is 6.92 Å². The Balaban J connectivity index is 2.09. The van der Waals surface area contributed by atoms with E-state index in [9.17, 15) is 4.79 Å². The molecule has 18 heavy (non-hydrogen) atoms. The van der Waals surface area contributed by atoms with Crippen molar-refractivity contribution in [3.05, 3.63) is 46.2 Å². The Kier molecular flexibility index (Phi) is 2.68. The molecule has 0 aliphatic heterocycles. The fraction of sp³-hybridized carbons (Fsp3) is 0.154. The normalized spacial score (nSPS) is 10.9. The maximum Gasteiger partial charge on any atom is 0.152 e. The second-order valence-electron chi connectivity index (χ2n) is 4.09. The van der Waals surface area contributed by atoms with Crippen molar-refractivity contribution in [3.8, 4) is 0 Å². The summed E-state index contributed by atoms with van der Waals surface area (Å²) in [4.78, 5) is 19.8. The minimum absolute atomic E-state index is 0.653. The number of aryl methyl sites for hydroxylation is 1. The molecule has 0 aliphatic carbocycles. The first-order valence-electron chi connectivity index (χ1n) is 5.58. The summed E-state index contributed by atoms with van der Waals surface area (Å²) in [5, 5.41) is 3.93. The van der Waals surface area contributed by atoms with Crippen LogP contribution in [-0.4, -0.2) is 20.8 Å². The SMILES string of the molecule is Cc1csc(Cn2cc(C=O)c3cccnc32)n1. The lowest BCUT2D eigenvalue weighted by Gasteiger charge is -2.00. The number of hydrogen-bond acceptors (Lipinski definition) is 4. The minimum atomic E-state index is 0.653. The average Bonchev–Trinajstić information content (AvgIpc) is 2.95. The van der Waals surface area contributed by atoms with Crippen molar-refractivity contribution < 1.29 is 4.79 Å². The zero-order valence-corrected chi connectivity index (χ0v) is 10.6. The Morgan fingerprint density at radius 3 is 3.11 bits per heavy atom. The molecule has 3 aromatic rings. The highest BCUT2D eigenvalue weighted by atomic mass is 32.1. The van der Waals surface area contributed by atoms with E-state index in [1.807, 2.05) is 35.2 Å². The standard InChI is InChI=1S/C13H11N3OS/c1-9-8-18-12(15-9)6-16-5-10(7-17)11-3-2-4-14-13(11)16/h2-5,7-8H,6H2,1H3. The van der Waals surface area contributed by atoms with E-state index >= 15 is 0 Å². The van der Waals surface area contributed by atoms with E-state index in [0.717, 1.165) is 28.0 Å². The van der Waals surface area contributed by atoms with E-state index in [0.29, 0.717) is 12.1 Å². The molecule has 0 amide bonds. The molecule has 0 spiro atoms. The Morgan fingerprint density at radius 2 is 2.39 bits per heavy atom. The van der Waals surface area contributed by atoms with Crippen LogP contribution in [0.5, 0.6) is 0 Å². The van der Waals surface area contributed by atoms with Gasteiger partial charge in [-0.2, -0.15) is 0 Å². The summed E-state index contributed by atoms with van der Waals surface area (Å²) in [5.41, 5.74) is 2.52. The molecular formula is C13H11N3OS. The Bertz CT molecular complexity index is 714. The number of carbonyl (C=O) groups is 1. The molecule has 0 bridgehead atoms. The number of fused-ring (bicyclic) bond motifs is 1. The van der Waals surface area contributed by atoms with Gasteiger partial charge in [0.2, 0.25) is 0 Å². The van der Waals surface area contributed by atoms with Crippen molar-refractivity contribution in [2.45, 2.75) is 13.5 Å². The van der Waals surface area contributed by atoms with Crippen LogP contribution in [0.15, 0.2) is 29.9 Å². The van der Waals surface area contributed by atoms with Crippen LogP contribution in [-0.2, 0) is 6.54 Å². The van der Waals surface area contributed by atoms with Gasteiger partial charge in [0, 0.05) is 34.4 Å². The van der Waals surface area contributed by atoms with Gasteiger partial charge in [-0.1, -0.05) is 0 Å². The monoisotopic (exact) mass is 257 g/mol. The molecule has 0 radical (unpaired) electrons. The molecule has 5 heteroatoms. The van der Waals surface area contributed by atoms with Gasteiger partial charge >= 0.3 is 0 Å². The lowest BCUT2D eigenvalue weighted by atomic mass is 10.2. The van der Waals surface area contributed by atoms with Gasteiger partial charge in [0.1, 0.15) is 10.7 Å². The van der Waals surface area contributed by atoms with Gasteiger partial charge in [-0.15, -0.1) is 11.3 Å². The number of aromatic nitrogens is 3. The van der Waals surface area contributed by atoms with Crippen molar-refractivity contribution in [3.63, 3.8) is 0 Å². The van der Waals surface area contributed by atoms with E-state index in [1.54, 1.807) is 17.5 Å². The molecule has 0 aliphatic rings. The lowest BCUT2D eigenvalue weighted by Crippen LogP contribution is -1.98. The van der Waals surface area contributed by atoms with Gasteiger partial charge in [-0.3, -0.25) is 4.79 Å². The van der Waals surface area contributed by atoms with Crippen LogP contribution in [0.1, 0.15) is 21.1 Å². The first kappa shape index (κ1) is 11.1. The van der Waals surface area contributed by atoms with E-state index in [2.05, 4.69) is 9.97 Å². The van der Waals surface area contributed by atoms with Gasteiger partial charge < -0.3 is 4.57 Å². The van der Waals surface area contributed by atoms with Gasteiger partial charge in [0.25, 0.3) is 0 Å². The summed E-state index contributed by atoms with van der Waals surface area (Å²) < 4.78 is 1.97. The summed E-state index contributed by atoms with van der Waals surface area (Å²) in [6, 6.07) is 3.75. The quantitative estimate of drug-likeness (QED) is 0.678. The summed E-state index contributed by atoms with van der Waals surface area (Å²) in [6.45, 7) is 2.63. The Hall–Kier alpha value is -2.01. The molecule has 3 aromatic heterocycles. The largest absolute Gasteiger partial charge is 0.325 e. The third-order valence-electron chi connectivity index (χ3n) is 2.76. The highest BCUT2D eigenvalue weighted by Gasteiger charge is 2.09. The van der Waals surface area contributed by atoms with Gasteiger partial charge in [0.15, 0.2) is 6.29 Å². The second-order valence-corrected chi connectivity index (χ2v) is 5.03. The first-order valence-corrected chi connectivity index (χ1v) is 6.46. The van der Waals surface area contributed by atoms with E-state index < -0.39 is 0 Å². The van der Waals surface area contributed by atoms with Crippen LogP contribution >= 0.6 is 11.3 Å². The van der Waals surface area contributed by atoms with Crippen molar-refractivity contribution in [1.82, 2.24) is 14.5 Å². The molecule has 0 saturated heterocycles. The van der Waals surface area contributed by atoms with Crippen LogP contribution < -0.4 is 0 Å². The fourth-order valence-electron chi connectivity index (χ4n) is 1.99. The topological polar surface area (TPSA) is 47.8 Å². The van der Waals surface area contributed by atoms with Crippen molar-refractivity contribution in [2.75, 3.05) is 0 Å². The molecule has 90 valence electrons. The summed E-state index contributed by atoms with van der Waals surface area (Å²) in [7, 11) is 0. The molecular weight excluding hydrogens is 246 g/mol. The summed E-state index contributed by atoms with van der Waals surface area (Å²) in [6.07, 6.45) is 4.44. The van der Waals surface area contributed by atoms with E-state index in [-0.39, 0.29) is 0 Å². The molecule has 3 rings (SSSR count). The number of carbonyl (C=O) groups excluding carboxylic acids is 1. The molecule has 0 aromatic carbocycles. The van der Waals surface area contributed by atoms with E-state index in [4.69, 9.17) is 0 Å². The molecule has 4 nitrogen and oxygen atoms in total. The smallest absolute Gasteiger partial charge is 0.152 e. The minimum Gasteiger partial charge on any atom is -0.325 e. The molecule has 0 unspecified atom stereocenters. The molecule has 0 atom stereocenters. The number of pyridine rings is 1. The molecule has 0 fully saturated rings. The number of hydrogen-bond donors (Lipinski definition) is 0. The molecule has 3 heterocycles. The zero-order valence-electron chi connectivity index (χ0n) is 9.83. The van der Waals surface area contributed by atoms with Gasteiger partial charge in [-0.25, -0.2) is 9.97 Å². The van der Waals surface area contributed by atoms with Crippen molar-refractivity contribution in [1.29, 1.82) is 0 Å². The summed E-state index contributed by atoms with van der Waals surface area (Å²) in [5.74, 6) is 0. The average molecular weight is 257 g/mol. The van der Waals surface area contributed by atoms with Crippen LogP contribution in [0.25, 0.3) is 11.0 Å². The second kappa shape index (κ2) is 4.34. The van der Waals surface area contributed by atoms with Crippen molar-refractivity contribution in [2.24, 2.45) is 0 Å². The number of aldehydes is 1. The highest BCUT2D eigenvalue weighted by molar-refractivity contribution is 7.09. The number of nitrogens with zero attached hydrogens (tertiary/aromatic N) is 3. The maximum absolute atomic E-state index is 11.0. The van der Waals surface area contributed by atoms with Gasteiger partial charge in [0.05, 0.1) is 6.54 Å². The highest BCUT2D eigenvalue weighted by Crippen LogP contribution is 2.20. The first-order chi connectivity index (χ1) is 8.78. The van der Waals surface area contributed by atoms with Crippen LogP contribution in [0.3, 0.4) is 0 Å². The predicted molar refractivity (Wildman–Crippen MR) is 71.1 cm³/mol. The Labute approximate surface area is 108 Å². The molecule has 0 N–H and O–H groups in total. The summed E-state index contributed by atoms with van der Waals surface area (Å²) >= 11 is 1.62. The lowest BCUT2D eigenvalue weighted by molar-refractivity contribution is 0.112. The van der Waals surface area contributed by atoms with E-state index in [1.165, 1.54) is 0 Å².